The number of aromatic nitrogens is 1. The predicted octanol–water partition coefficient (Wildman–Crippen LogP) is 2.48. The van der Waals surface area contributed by atoms with Crippen LogP contribution in [-0.4, -0.2) is 16.5 Å². The molecule has 0 aliphatic carbocycles. The van der Waals surface area contributed by atoms with Gasteiger partial charge in [-0.3, -0.25) is 15.1 Å². The van der Waals surface area contributed by atoms with Crippen LogP contribution in [-0.2, 0) is 13.0 Å². The summed E-state index contributed by atoms with van der Waals surface area (Å²) in [5, 5.41) is 10.3. The maximum absolute atomic E-state index is 10.3. The number of pyridine rings is 1. The molecule has 5 heteroatoms. The number of hydrogen-bond donors (Lipinski definition) is 0. The Hall–Kier alpha value is -2.43. The first-order valence-corrected chi connectivity index (χ1v) is 5.97. The molecule has 0 aliphatic rings. The summed E-state index contributed by atoms with van der Waals surface area (Å²) < 4.78 is 5.56. The van der Waals surface area contributed by atoms with Crippen molar-refractivity contribution in [1.29, 1.82) is 0 Å². The summed E-state index contributed by atoms with van der Waals surface area (Å²) in [6.45, 7) is 0.321. The zero-order valence-electron chi connectivity index (χ0n) is 10.4. The molecular formula is C14H14N2O3. The van der Waals surface area contributed by atoms with Crippen molar-refractivity contribution in [2.45, 2.75) is 13.0 Å². The summed E-state index contributed by atoms with van der Waals surface area (Å²) in [4.78, 5) is 14.2. The highest BCUT2D eigenvalue weighted by Gasteiger charge is 2.01. The van der Waals surface area contributed by atoms with Gasteiger partial charge in [-0.15, -0.1) is 0 Å². The molecule has 0 amide bonds. The normalized spacial score (nSPS) is 10.1. The lowest BCUT2D eigenvalue weighted by molar-refractivity contribution is -0.479. The van der Waals surface area contributed by atoms with E-state index in [1.165, 1.54) is 0 Å². The topological polar surface area (TPSA) is 65.3 Å². The van der Waals surface area contributed by atoms with Gasteiger partial charge in [0.15, 0.2) is 0 Å². The van der Waals surface area contributed by atoms with E-state index in [0.717, 1.165) is 17.0 Å². The van der Waals surface area contributed by atoms with E-state index in [1.54, 1.807) is 6.20 Å². The van der Waals surface area contributed by atoms with Crippen molar-refractivity contribution in [2.24, 2.45) is 0 Å². The minimum absolute atomic E-state index is 0.0679. The van der Waals surface area contributed by atoms with Crippen LogP contribution in [0.1, 0.15) is 11.3 Å². The third-order valence-corrected chi connectivity index (χ3v) is 2.60. The van der Waals surface area contributed by atoms with Gasteiger partial charge in [0.2, 0.25) is 6.54 Å². The molecule has 1 aromatic carbocycles. The van der Waals surface area contributed by atoms with Gasteiger partial charge in [-0.2, -0.15) is 0 Å². The summed E-state index contributed by atoms with van der Waals surface area (Å²) in [5.74, 6) is 0.793. The lowest BCUT2D eigenvalue weighted by Crippen LogP contribution is -2.05. The molecule has 98 valence electrons. The molecule has 2 rings (SSSR count). The standard InChI is InChI=1S/C14H14N2O3/c17-16(18)9-8-12-6-7-13(15-10-12)11-19-14-4-2-1-3-5-14/h1-7,10H,8-9,11H2. The van der Waals surface area contributed by atoms with Gasteiger partial charge in [-0.1, -0.05) is 24.3 Å². The molecule has 0 unspecified atom stereocenters. The lowest BCUT2D eigenvalue weighted by atomic mass is 10.2. The van der Waals surface area contributed by atoms with Crippen molar-refractivity contribution in [2.75, 3.05) is 6.54 Å². The van der Waals surface area contributed by atoms with Crippen molar-refractivity contribution in [3.8, 4) is 5.75 Å². The van der Waals surface area contributed by atoms with Gasteiger partial charge in [0.05, 0.1) is 5.69 Å². The van der Waals surface area contributed by atoms with Crippen LogP contribution in [0.3, 0.4) is 0 Å². The molecule has 0 aliphatic heterocycles. The molecule has 19 heavy (non-hydrogen) atoms. The number of hydrogen-bond acceptors (Lipinski definition) is 4. The Morgan fingerprint density at radius 2 is 1.95 bits per heavy atom. The Morgan fingerprint density at radius 3 is 2.58 bits per heavy atom. The summed E-state index contributed by atoms with van der Waals surface area (Å²) in [6, 6.07) is 13.2. The van der Waals surface area contributed by atoms with E-state index in [4.69, 9.17) is 4.74 Å². The van der Waals surface area contributed by atoms with E-state index in [9.17, 15) is 10.1 Å². The van der Waals surface area contributed by atoms with E-state index >= 15 is 0 Å². The van der Waals surface area contributed by atoms with Gasteiger partial charge in [-0.05, 0) is 23.8 Å². The monoisotopic (exact) mass is 258 g/mol. The molecule has 0 radical (unpaired) electrons. The molecule has 0 atom stereocenters. The average molecular weight is 258 g/mol. The van der Waals surface area contributed by atoms with Crippen LogP contribution < -0.4 is 4.74 Å². The van der Waals surface area contributed by atoms with Gasteiger partial charge in [-0.25, -0.2) is 0 Å². The number of nitrogens with zero attached hydrogens (tertiary/aromatic N) is 2. The third-order valence-electron chi connectivity index (χ3n) is 2.60. The van der Waals surface area contributed by atoms with Crippen LogP contribution in [0.25, 0.3) is 0 Å². The molecule has 0 saturated carbocycles. The zero-order valence-corrected chi connectivity index (χ0v) is 10.4. The maximum atomic E-state index is 10.3. The quantitative estimate of drug-likeness (QED) is 0.589. The van der Waals surface area contributed by atoms with Crippen LogP contribution in [0.5, 0.6) is 5.75 Å². The molecule has 1 heterocycles. The zero-order chi connectivity index (χ0) is 13.5. The molecular weight excluding hydrogens is 244 g/mol. The largest absolute Gasteiger partial charge is 0.487 e. The number of para-hydroxylation sites is 1. The molecule has 5 nitrogen and oxygen atoms in total. The lowest BCUT2D eigenvalue weighted by Gasteiger charge is -2.05. The molecule has 2 aromatic rings. The Kier molecular flexibility index (Phi) is 4.44. The van der Waals surface area contributed by atoms with Crippen LogP contribution in [0.2, 0.25) is 0 Å². The Balaban J connectivity index is 1.86. The van der Waals surface area contributed by atoms with E-state index in [2.05, 4.69) is 4.98 Å². The highest BCUT2D eigenvalue weighted by Crippen LogP contribution is 2.11. The molecule has 0 bridgehead atoms. The third kappa shape index (κ3) is 4.39. The summed E-state index contributed by atoms with van der Waals surface area (Å²) in [5.41, 5.74) is 1.66. The van der Waals surface area contributed by atoms with Crippen LogP contribution in [0, 0.1) is 10.1 Å². The maximum Gasteiger partial charge on any atom is 0.207 e. The average Bonchev–Trinajstić information content (AvgIpc) is 2.45. The Bertz CT molecular complexity index is 526. The molecule has 0 saturated heterocycles. The smallest absolute Gasteiger partial charge is 0.207 e. The van der Waals surface area contributed by atoms with Gasteiger partial charge >= 0.3 is 0 Å². The first-order chi connectivity index (χ1) is 9.24. The predicted molar refractivity (Wildman–Crippen MR) is 70.6 cm³/mol. The number of benzene rings is 1. The van der Waals surface area contributed by atoms with Crippen molar-refractivity contribution in [3.05, 3.63) is 70.0 Å². The Morgan fingerprint density at radius 1 is 1.16 bits per heavy atom. The first-order valence-electron chi connectivity index (χ1n) is 5.97. The van der Waals surface area contributed by atoms with Crippen molar-refractivity contribution >= 4 is 0 Å². The van der Waals surface area contributed by atoms with Crippen molar-refractivity contribution < 1.29 is 9.66 Å². The van der Waals surface area contributed by atoms with E-state index in [1.807, 2.05) is 42.5 Å². The Labute approximate surface area is 111 Å². The molecule has 0 spiro atoms. The highest BCUT2D eigenvalue weighted by molar-refractivity contribution is 5.21. The fourth-order valence-corrected chi connectivity index (χ4v) is 1.58. The SMILES string of the molecule is O=[N+]([O-])CCc1ccc(COc2ccccc2)nc1. The fourth-order valence-electron chi connectivity index (χ4n) is 1.58. The van der Waals surface area contributed by atoms with Gasteiger partial charge in [0, 0.05) is 17.5 Å². The minimum Gasteiger partial charge on any atom is -0.487 e. The summed E-state index contributed by atoms with van der Waals surface area (Å²) in [6.07, 6.45) is 2.06. The van der Waals surface area contributed by atoms with E-state index in [-0.39, 0.29) is 11.5 Å². The van der Waals surface area contributed by atoms with Crippen molar-refractivity contribution in [1.82, 2.24) is 4.98 Å². The van der Waals surface area contributed by atoms with Crippen LogP contribution >= 0.6 is 0 Å². The minimum atomic E-state index is -0.327. The number of rotatable bonds is 6. The van der Waals surface area contributed by atoms with E-state index in [0.29, 0.717) is 13.0 Å². The van der Waals surface area contributed by atoms with Gasteiger partial charge in [0.1, 0.15) is 12.4 Å². The molecule has 0 fully saturated rings. The van der Waals surface area contributed by atoms with Crippen LogP contribution in [0.15, 0.2) is 48.7 Å². The number of nitro groups is 1. The second-order valence-corrected chi connectivity index (χ2v) is 4.07. The second kappa shape index (κ2) is 6.49. The first kappa shape index (κ1) is 13.0. The summed E-state index contributed by atoms with van der Waals surface area (Å²) >= 11 is 0. The molecule has 0 N–H and O–H groups in total. The number of ether oxygens (including phenoxy) is 1. The second-order valence-electron chi connectivity index (χ2n) is 4.07. The van der Waals surface area contributed by atoms with Gasteiger partial charge in [0.25, 0.3) is 0 Å². The van der Waals surface area contributed by atoms with Crippen molar-refractivity contribution in [3.63, 3.8) is 0 Å². The van der Waals surface area contributed by atoms with E-state index < -0.39 is 0 Å². The van der Waals surface area contributed by atoms with Crippen LogP contribution in [0.4, 0.5) is 0 Å². The molecule has 1 aromatic heterocycles. The van der Waals surface area contributed by atoms with Gasteiger partial charge < -0.3 is 4.74 Å². The summed E-state index contributed by atoms with van der Waals surface area (Å²) in [7, 11) is 0. The highest BCUT2D eigenvalue weighted by atomic mass is 16.6. The fraction of sp³-hybridized carbons (Fsp3) is 0.214.